The number of pyridine rings is 1. The summed E-state index contributed by atoms with van der Waals surface area (Å²) in [7, 11) is 0. The van der Waals surface area contributed by atoms with Crippen LogP contribution in [0.25, 0.3) is 0 Å². The van der Waals surface area contributed by atoms with Gasteiger partial charge in [-0.05, 0) is 36.8 Å². The lowest BCUT2D eigenvalue weighted by molar-refractivity contribution is -0.138. The highest BCUT2D eigenvalue weighted by atomic mass is 19.4. The van der Waals surface area contributed by atoms with Gasteiger partial charge in [-0.1, -0.05) is 12.1 Å². The largest absolute Gasteiger partial charge is 0.416 e. The number of hydrogen-bond donors (Lipinski definition) is 1. The molecule has 0 saturated carbocycles. The lowest BCUT2D eigenvalue weighted by Gasteiger charge is -2.29. The van der Waals surface area contributed by atoms with Crippen molar-refractivity contribution in [2.24, 2.45) is 0 Å². The molecule has 1 aromatic carbocycles. The summed E-state index contributed by atoms with van der Waals surface area (Å²) in [5.41, 5.74) is 0.973. The first-order chi connectivity index (χ1) is 11.9. The van der Waals surface area contributed by atoms with Crippen molar-refractivity contribution in [3.8, 4) is 0 Å². The number of ether oxygens (including phenoxy) is 1. The summed E-state index contributed by atoms with van der Waals surface area (Å²) in [4.78, 5) is 6.17. The second kappa shape index (κ2) is 7.31. The fraction of sp³-hybridized carbons (Fsp3) is 0.389. The van der Waals surface area contributed by atoms with Gasteiger partial charge in [0.2, 0.25) is 0 Å². The van der Waals surface area contributed by atoms with Crippen molar-refractivity contribution in [1.82, 2.24) is 4.98 Å². The van der Waals surface area contributed by atoms with Crippen LogP contribution in [-0.4, -0.2) is 31.3 Å². The van der Waals surface area contributed by atoms with E-state index < -0.39 is 11.7 Å². The van der Waals surface area contributed by atoms with Crippen molar-refractivity contribution >= 4 is 11.5 Å². The van der Waals surface area contributed by atoms with E-state index in [9.17, 15) is 13.2 Å². The van der Waals surface area contributed by atoms with E-state index in [-0.39, 0.29) is 12.1 Å². The third kappa shape index (κ3) is 4.42. The van der Waals surface area contributed by atoms with E-state index >= 15 is 0 Å². The first kappa shape index (κ1) is 17.5. The van der Waals surface area contributed by atoms with Gasteiger partial charge in [-0.2, -0.15) is 13.2 Å². The van der Waals surface area contributed by atoms with Crippen molar-refractivity contribution in [3.63, 3.8) is 0 Å². The van der Waals surface area contributed by atoms with Gasteiger partial charge >= 0.3 is 6.18 Å². The summed E-state index contributed by atoms with van der Waals surface area (Å²) in [6.45, 7) is 4.16. The number of aryl methyl sites for hydroxylation is 1. The molecule has 3 rings (SSSR count). The van der Waals surface area contributed by atoms with Gasteiger partial charge in [0.05, 0.1) is 18.8 Å². The monoisotopic (exact) mass is 351 g/mol. The molecule has 2 aromatic rings. The zero-order valence-corrected chi connectivity index (χ0v) is 13.9. The Hall–Kier alpha value is -2.28. The van der Waals surface area contributed by atoms with Gasteiger partial charge < -0.3 is 15.0 Å². The Morgan fingerprint density at radius 1 is 1.16 bits per heavy atom. The Kier molecular flexibility index (Phi) is 5.13. The van der Waals surface area contributed by atoms with Crippen molar-refractivity contribution in [1.29, 1.82) is 0 Å². The first-order valence-corrected chi connectivity index (χ1v) is 8.14. The number of hydrogen-bond acceptors (Lipinski definition) is 4. The highest BCUT2D eigenvalue weighted by Crippen LogP contribution is 2.35. The van der Waals surface area contributed by atoms with Gasteiger partial charge in [0, 0.05) is 31.0 Å². The molecule has 0 bridgehead atoms. The number of nitrogens with zero attached hydrogens (tertiary/aromatic N) is 2. The zero-order valence-electron chi connectivity index (χ0n) is 13.9. The number of anilines is 2. The molecule has 25 heavy (non-hydrogen) atoms. The van der Waals surface area contributed by atoms with Crippen LogP contribution in [0.1, 0.15) is 16.8 Å². The molecule has 0 spiro atoms. The fourth-order valence-electron chi connectivity index (χ4n) is 2.83. The Morgan fingerprint density at radius 3 is 2.60 bits per heavy atom. The fourth-order valence-corrected chi connectivity index (χ4v) is 2.83. The molecule has 1 aromatic heterocycles. The molecule has 134 valence electrons. The molecular weight excluding hydrogens is 331 g/mol. The second-order valence-electron chi connectivity index (χ2n) is 5.96. The molecule has 1 aliphatic rings. The summed E-state index contributed by atoms with van der Waals surface area (Å²) in [5, 5.41) is 2.97. The quantitative estimate of drug-likeness (QED) is 0.908. The van der Waals surface area contributed by atoms with Crippen LogP contribution in [0.2, 0.25) is 0 Å². The molecule has 0 atom stereocenters. The average Bonchev–Trinajstić information content (AvgIpc) is 2.60. The van der Waals surface area contributed by atoms with Crippen LogP contribution in [0.4, 0.5) is 24.7 Å². The Balaban J connectivity index is 1.82. The van der Waals surface area contributed by atoms with Crippen LogP contribution >= 0.6 is 0 Å². The second-order valence-corrected chi connectivity index (χ2v) is 5.96. The molecule has 1 fully saturated rings. The summed E-state index contributed by atoms with van der Waals surface area (Å²) in [6.07, 6.45) is -4.40. The van der Waals surface area contributed by atoms with Crippen LogP contribution in [0.3, 0.4) is 0 Å². The van der Waals surface area contributed by atoms with Crippen molar-refractivity contribution in [2.75, 3.05) is 36.5 Å². The van der Waals surface area contributed by atoms with Gasteiger partial charge in [-0.3, -0.25) is 0 Å². The number of benzene rings is 1. The number of rotatable bonds is 4. The van der Waals surface area contributed by atoms with Crippen LogP contribution < -0.4 is 10.2 Å². The molecular formula is C18H20F3N3O. The maximum atomic E-state index is 13.5. The van der Waals surface area contributed by atoms with E-state index in [2.05, 4.69) is 10.3 Å². The molecule has 1 N–H and O–H groups in total. The molecule has 1 saturated heterocycles. The smallest absolute Gasteiger partial charge is 0.378 e. The third-order valence-electron chi connectivity index (χ3n) is 4.12. The van der Waals surface area contributed by atoms with Crippen LogP contribution in [0.15, 0.2) is 36.4 Å². The molecule has 0 amide bonds. The molecule has 0 aliphatic carbocycles. The molecule has 1 aliphatic heterocycles. The van der Waals surface area contributed by atoms with E-state index in [1.807, 2.05) is 24.0 Å². The standard InChI is InChI=1S/C18H20F3N3O/c1-13-3-2-4-17(23-13)22-12-14-5-6-15(11-16(14)18(19,20)21)24-7-9-25-10-8-24/h2-6,11H,7-10,12H2,1H3,(H,22,23). The van der Waals surface area contributed by atoms with Gasteiger partial charge in [-0.25, -0.2) is 4.98 Å². The van der Waals surface area contributed by atoms with E-state index in [1.165, 1.54) is 12.1 Å². The van der Waals surface area contributed by atoms with Crippen LogP contribution in [0.5, 0.6) is 0 Å². The Bertz CT molecular complexity index is 728. The summed E-state index contributed by atoms with van der Waals surface area (Å²) in [6, 6.07) is 9.90. The number of aromatic nitrogens is 1. The Morgan fingerprint density at radius 2 is 1.92 bits per heavy atom. The summed E-state index contributed by atoms with van der Waals surface area (Å²) < 4.78 is 45.8. The van der Waals surface area contributed by atoms with Crippen LogP contribution in [-0.2, 0) is 17.5 Å². The maximum absolute atomic E-state index is 13.5. The van der Waals surface area contributed by atoms with Crippen molar-refractivity contribution in [3.05, 3.63) is 53.2 Å². The van der Waals surface area contributed by atoms with Gasteiger partial charge in [0.25, 0.3) is 0 Å². The number of halogens is 3. The third-order valence-corrected chi connectivity index (χ3v) is 4.12. The minimum atomic E-state index is -4.40. The molecule has 0 unspecified atom stereocenters. The SMILES string of the molecule is Cc1cccc(NCc2ccc(N3CCOCC3)cc2C(F)(F)F)n1. The van der Waals surface area contributed by atoms with E-state index in [4.69, 9.17) is 4.74 Å². The molecule has 0 radical (unpaired) electrons. The van der Waals surface area contributed by atoms with Crippen molar-refractivity contribution in [2.45, 2.75) is 19.6 Å². The molecule has 7 heteroatoms. The summed E-state index contributed by atoms with van der Waals surface area (Å²) in [5.74, 6) is 0.561. The van der Waals surface area contributed by atoms with E-state index in [1.54, 1.807) is 12.1 Å². The average molecular weight is 351 g/mol. The Labute approximate surface area is 144 Å². The van der Waals surface area contributed by atoms with Gasteiger partial charge in [0.1, 0.15) is 5.82 Å². The predicted molar refractivity (Wildman–Crippen MR) is 90.8 cm³/mol. The minimum Gasteiger partial charge on any atom is -0.378 e. The van der Waals surface area contributed by atoms with Crippen LogP contribution in [0, 0.1) is 6.92 Å². The van der Waals surface area contributed by atoms with Gasteiger partial charge in [0.15, 0.2) is 0 Å². The normalized spacial score (nSPS) is 15.3. The van der Waals surface area contributed by atoms with Gasteiger partial charge in [-0.15, -0.1) is 0 Å². The number of alkyl halides is 3. The van der Waals surface area contributed by atoms with Crippen molar-refractivity contribution < 1.29 is 17.9 Å². The highest BCUT2D eigenvalue weighted by molar-refractivity contribution is 5.53. The number of nitrogens with one attached hydrogen (secondary N) is 1. The molecule has 2 heterocycles. The zero-order chi connectivity index (χ0) is 17.9. The van der Waals surface area contributed by atoms with E-state index in [0.717, 1.165) is 5.69 Å². The summed E-state index contributed by atoms with van der Waals surface area (Å²) >= 11 is 0. The lowest BCUT2D eigenvalue weighted by atomic mass is 10.0. The maximum Gasteiger partial charge on any atom is 0.416 e. The van der Waals surface area contributed by atoms with E-state index in [0.29, 0.717) is 37.8 Å². The topological polar surface area (TPSA) is 37.4 Å². The first-order valence-electron chi connectivity index (χ1n) is 8.14. The lowest BCUT2D eigenvalue weighted by Crippen LogP contribution is -2.36. The predicted octanol–water partition coefficient (Wildman–Crippen LogP) is 3.86. The number of morpholine rings is 1. The molecule has 4 nitrogen and oxygen atoms in total. The highest BCUT2D eigenvalue weighted by Gasteiger charge is 2.34. The minimum absolute atomic E-state index is 0.0642.